The molecule has 2 amide bonds. The first-order valence-electron chi connectivity index (χ1n) is 13.2. The second-order valence-corrected chi connectivity index (χ2v) is 12.1. The van der Waals surface area contributed by atoms with Gasteiger partial charge in [-0.15, -0.1) is 0 Å². The Kier molecular flexibility index (Phi) is 9.78. The molecule has 0 aliphatic carbocycles. The summed E-state index contributed by atoms with van der Waals surface area (Å²) in [5.74, 6) is -0.402. The minimum atomic E-state index is -3.49. The van der Waals surface area contributed by atoms with Crippen molar-refractivity contribution in [3.05, 3.63) is 101 Å². The van der Waals surface area contributed by atoms with Crippen LogP contribution in [-0.2, 0) is 39.0 Å². The molecule has 1 heterocycles. The van der Waals surface area contributed by atoms with Gasteiger partial charge in [0.15, 0.2) is 0 Å². The summed E-state index contributed by atoms with van der Waals surface area (Å²) in [7, 11) is -1.91. The number of amides is 2. The number of nitrogens with zero attached hydrogens (tertiary/aromatic N) is 2. The first kappa shape index (κ1) is 28.8. The van der Waals surface area contributed by atoms with E-state index >= 15 is 0 Å². The van der Waals surface area contributed by atoms with E-state index in [-0.39, 0.29) is 29.7 Å². The van der Waals surface area contributed by atoms with Gasteiger partial charge in [0, 0.05) is 44.5 Å². The van der Waals surface area contributed by atoms with Crippen molar-refractivity contribution in [1.29, 1.82) is 0 Å². The predicted molar refractivity (Wildman–Crippen MR) is 153 cm³/mol. The lowest BCUT2D eigenvalue weighted by Gasteiger charge is -2.31. The van der Waals surface area contributed by atoms with Crippen LogP contribution in [0.2, 0.25) is 5.02 Å². The summed E-state index contributed by atoms with van der Waals surface area (Å²) in [6.45, 7) is 1.36. The standard InChI is InChI=1S/C30H34ClN3O4S/c1-32-30(36)28(21-24-7-3-2-4-8-24)34(22-25-9-14-26(31)15-10-25)29(35)18-13-23-11-16-27(17-12-23)39(37,38)33-19-5-6-20-33/h2-4,7-12,14-17,28H,5-6,13,18-22H2,1H3,(H,32,36)/t28-/m0/s1. The fraction of sp³-hybridized carbons (Fsp3) is 0.333. The van der Waals surface area contributed by atoms with Gasteiger partial charge in [-0.3, -0.25) is 9.59 Å². The molecule has 3 aromatic rings. The summed E-state index contributed by atoms with van der Waals surface area (Å²) < 4.78 is 27.2. The zero-order chi connectivity index (χ0) is 27.8. The number of rotatable bonds is 11. The third-order valence-electron chi connectivity index (χ3n) is 7.04. The Labute approximate surface area is 235 Å². The quantitative estimate of drug-likeness (QED) is 0.371. The first-order valence-corrected chi connectivity index (χ1v) is 15.0. The van der Waals surface area contributed by atoms with E-state index in [1.165, 1.54) is 4.31 Å². The van der Waals surface area contributed by atoms with Crippen LogP contribution in [0.15, 0.2) is 83.8 Å². The van der Waals surface area contributed by atoms with E-state index < -0.39 is 16.1 Å². The number of nitrogens with one attached hydrogen (secondary N) is 1. The molecule has 206 valence electrons. The lowest BCUT2D eigenvalue weighted by molar-refractivity contribution is -0.141. The highest BCUT2D eigenvalue weighted by Gasteiger charge is 2.30. The highest BCUT2D eigenvalue weighted by Crippen LogP contribution is 2.22. The number of benzene rings is 3. The van der Waals surface area contributed by atoms with E-state index in [9.17, 15) is 18.0 Å². The van der Waals surface area contributed by atoms with E-state index in [1.807, 2.05) is 42.5 Å². The molecule has 1 N–H and O–H groups in total. The molecule has 7 nitrogen and oxygen atoms in total. The SMILES string of the molecule is CNC(=O)[C@H](Cc1ccccc1)N(Cc1ccc(Cl)cc1)C(=O)CCc1ccc(S(=O)(=O)N2CCCC2)cc1. The number of carbonyl (C=O) groups excluding carboxylic acids is 2. The van der Waals surface area contributed by atoms with Crippen molar-refractivity contribution < 1.29 is 18.0 Å². The summed E-state index contributed by atoms with van der Waals surface area (Å²) in [6, 6.07) is 22.9. The maximum atomic E-state index is 13.7. The molecule has 1 aliphatic rings. The Morgan fingerprint density at radius 2 is 1.51 bits per heavy atom. The summed E-state index contributed by atoms with van der Waals surface area (Å²) in [5.41, 5.74) is 2.68. The van der Waals surface area contributed by atoms with Gasteiger partial charge in [-0.05, 0) is 60.2 Å². The minimum Gasteiger partial charge on any atom is -0.357 e. The van der Waals surface area contributed by atoms with Gasteiger partial charge in [-0.1, -0.05) is 66.2 Å². The van der Waals surface area contributed by atoms with Crippen molar-refractivity contribution in [2.45, 2.75) is 49.6 Å². The Balaban J connectivity index is 1.52. The van der Waals surface area contributed by atoms with Crippen LogP contribution >= 0.6 is 11.6 Å². The molecule has 9 heteroatoms. The Morgan fingerprint density at radius 1 is 0.897 bits per heavy atom. The molecule has 3 aromatic carbocycles. The van der Waals surface area contributed by atoms with Crippen molar-refractivity contribution in [3.8, 4) is 0 Å². The zero-order valence-corrected chi connectivity index (χ0v) is 23.6. The molecular weight excluding hydrogens is 534 g/mol. The number of hydrogen-bond donors (Lipinski definition) is 1. The van der Waals surface area contributed by atoms with Gasteiger partial charge < -0.3 is 10.2 Å². The van der Waals surface area contributed by atoms with E-state index in [2.05, 4.69) is 5.32 Å². The van der Waals surface area contributed by atoms with E-state index in [1.54, 1.807) is 48.3 Å². The Morgan fingerprint density at radius 3 is 2.13 bits per heavy atom. The second kappa shape index (κ2) is 13.2. The number of aryl methyl sites for hydroxylation is 1. The van der Waals surface area contributed by atoms with Crippen molar-refractivity contribution in [2.75, 3.05) is 20.1 Å². The fourth-order valence-electron chi connectivity index (χ4n) is 4.81. The molecule has 0 spiro atoms. The molecule has 1 fully saturated rings. The lowest BCUT2D eigenvalue weighted by atomic mass is 10.0. The van der Waals surface area contributed by atoms with E-state index in [0.717, 1.165) is 29.5 Å². The normalized spacial score (nSPS) is 14.6. The van der Waals surface area contributed by atoms with Crippen molar-refractivity contribution in [1.82, 2.24) is 14.5 Å². The second-order valence-electron chi connectivity index (χ2n) is 9.72. The third-order valence-corrected chi connectivity index (χ3v) is 9.20. The summed E-state index contributed by atoms with van der Waals surface area (Å²) in [6.07, 6.45) is 2.74. The molecule has 1 aliphatic heterocycles. The van der Waals surface area contributed by atoms with Gasteiger partial charge in [-0.25, -0.2) is 8.42 Å². The van der Waals surface area contributed by atoms with Gasteiger partial charge >= 0.3 is 0 Å². The number of carbonyl (C=O) groups is 2. The lowest BCUT2D eigenvalue weighted by Crippen LogP contribution is -2.49. The number of hydrogen-bond acceptors (Lipinski definition) is 4. The van der Waals surface area contributed by atoms with Gasteiger partial charge in [-0.2, -0.15) is 4.31 Å². The van der Waals surface area contributed by atoms with Crippen LogP contribution < -0.4 is 5.32 Å². The number of sulfonamides is 1. The van der Waals surface area contributed by atoms with Gasteiger partial charge in [0.2, 0.25) is 21.8 Å². The smallest absolute Gasteiger partial charge is 0.243 e. The average Bonchev–Trinajstić information content (AvgIpc) is 3.51. The largest absolute Gasteiger partial charge is 0.357 e. The molecule has 39 heavy (non-hydrogen) atoms. The first-order chi connectivity index (χ1) is 18.8. The molecule has 1 atom stereocenters. The van der Waals surface area contributed by atoms with Gasteiger partial charge in [0.05, 0.1) is 4.90 Å². The van der Waals surface area contributed by atoms with Crippen LogP contribution in [0.3, 0.4) is 0 Å². The van der Waals surface area contributed by atoms with Crippen molar-refractivity contribution in [3.63, 3.8) is 0 Å². The van der Waals surface area contributed by atoms with E-state index in [4.69, 9.17) is 11.6 Å². The van der Waals surface area contributed by atoms with E-state index in [0.29, 0.717) is 31.0 Å². The average molecular weight is 568 g/mol. The van der Waals surface area contributed by atoms with Crippen LogP contribution in [0.5, 0.6) is 0 Å². The van der Waals surface area contributed by atoms with Crippen LogP contribution in [0.1, 0.15) is 36.0 Å². The van der Waals surface area contributed by atoms with Crippen LogP contribution in [0.4, 0.5) is 0 Å². The molecular formula is C30H34ClN3O4S. The van der Waals surface area contributed by atoms with Crippen molar-refractivity contribution in [2.24, 2.45) is 0 Å². The van der Waals surface area contributed by atoms with Crippen molar-refractivity contribution >= 4 is 33.4 Å². The molecule has 0 radical (unpaired) electrons. The Bertz CT molecular complexity index is 1360. The van der Waals surface area contributed by atoms with Gasteiger partial charge in [0.1, 0.15) is 6.04 Å². The molecule has 0 aromatic heterocycles. The molecule has 0 unspecified atom stereocenters. The summed E-state index contributed by atoms with van der Waals surface area (Å²) in [4.78, 5) is 28.6. The fourth-order valence-corrected chi connectivity index (χ4v) is 6.45. The van der Waals surface area contributed by atoms with Gasteiger partial charge in [0.25, 0.3) is 0 Å². The molecule has 1 saturated heterocycles. The maximum Gasteiger partial charge on any atom is 0.243 e. The van der Waals surface area contributed by atoms with Crippen LogP contribution in [-0.4, -0.2) is 55.6 Å². The molecule has 0 saturated carbocycles. The predicted octanol–water partition coefficient (Wildman–Crippen LogP) is 4.44. The highest BCUT2D eigenvalue weighted by atomic mass is 35.5. The van der Waals surface area contributed by atoms with Crippen LogP contribution in [0.25, 0.3) is 0 Å². The number of likely N-dealkylation sites (N-methyl/N-ethyl adjacent to an activating group) is 1. The molecule has 0 bridgehead atoms. The highest BCUT2D eigenvalue weighted by molar-refractivity contribution is 7.89. The zero-order valence-electron chi connectivity index (χ0n) is 22.1. The summed E-state index contributed by atoms with van der Waals surface area (Å²) >= 11 is 6.06. The summed E-state index contributed by atoms with van der Waals surface area (Å²) in [5, 5.41) is 3.31. The number of halogens is 1. The topological polar surface area (TPSA) is 86.8 Å². The maximum absolute atomic E-state index is 13.7. The Hall–Kier alpha value is -3.20. The third kappa shape index (κ3) is 7.47. The van der Waals surface area contributed by atoms with Crippen LogP contribution in [0, 0.1) is 0 Å². The minimum absolute atomic E-state index is 0.164. The monoisotopic (exact) mass is 567 g/mol. The molecule has 4 rings (SSSR count).